The number of pyridine rings is 1. The molecule has 1 aliphatic rings. The van der Waals surface area contributed by atoms with Crippen LogP contribution in [0, 0.1) is 0 Å². The SMILES string of the molecule is CCN(CCc1ccncc1)C(=O)C(=O)N(C)C1CCCCC1. The number of carbonyl (C=O) groups excluding carboxylic acids is 2. The Balaban J connectivity index is 1.91. The Morgan fingerprint density at radius 1 is 1.13 bits per heavy atom. The molecule has 0 radical (unpaired) electrons. The fourth-order valence-electron chi connectivity index (χ4n) is 3.14. The summed E-state index contributed by atoms with van der Waals surface area (Å²) in [6.45, 7) is 3.02. The monoisotopic (exact) mass is 317 g/mol. The Morgan fingerprint density at radius 2 is 1.78 bits per heavy atom. The van der Waals surface area contributed by atoms with Crippen molar-refractivity contribution in [3.63, 3.8) is 0 Å². The summed E-state index contributed by atoms with van der Waals surface area (Å²) < 4.78 is 0. The Bertz CT molecular complexity index is 512. The van der Waals surface area contributed by atoms with Crippen molar-refractivity contribution in [2.24, 2.45) is 0 Å². The topological polar surface area (TPSA) is 53.5 Å². The summed E-state index contributed by atoms with van der Waals surface area (Å²) in [5, 5.41) is 0. The molecule has 0 spiro atoms. The summed E-state index contributed by atoms with van der Waals surface area (Å²) in [6.07, 6.45) is 9.79. The van der Waals surface area contributed by atoms with Crippen molar-refractivity contribution in [2.75, 3.05) is 20.1 Å². The van der Waals surface area contributed by atoms with E-state index in [0.29, 0.717) is 13.1 Å². The van der Waals surface area contributed by atoms with Crippen molar-refractivity contribution in [3.8, 4) is 0 Å². The minimum Gasteiger partial charge on any atom is -0.335 e. The van der Waals surface area contributed by atoms with Crippen LogP contribution in [0.1, 0.15) is 44.6 Å². The molecule has 1 heterocycles. The number of likely N-dealkylation sites (N-methyl/N-ethyl adjacent to an activating group) is 2. The average molecular weight is 317 g/mol. The third-order valence-corrected chi connectivity index (χ3v) is 4.71. The second-order valence-corrected chi connectivity index (χ2v) is 6.20. The highest BCUT2D eigenvalue weighted by Crippen LogP contribution is 2.21. The molecule has 0 saturated heterocycles. The van der Waals surface area contributed by atoms with E-state index < -0.39 is 0 Å². The summed E-state index contributed by atoms with van der Waals surface area (Å²) in [4.78, 5) is 32.3. The van der Waals surface area contributed by atoms with Gasteiger partial charge >= 0.3 is 11.8 Å². The quantitative estimate of drug-likeness (QED) is 0.783. The molecule has 0 aromatic carbocycles. The van der Waals surface area contributed by atoms with Gasteiger partial charge < -0.3 is 9.80 Å². The second kappa shape index (κ2) is 8.65. The summed E-state index contributed by atoms with van der Waals surface area (Å²) in [6, 6.07) is 4.10. The lowest BCUT2D eigenvalue weighted by atomic mass is 9.94. The number of aromatic nitrogens is 1. The summed E-state index contributed by atoms with van der Waals surface area (Å²) in [7, 11) is 1.77. The normalized spacial score (nSPS) is 15.2. The van der Waals surface area contributed by atoms with E-state index in [1.165, 1.54) is 6.42 Å². The lowest BCUT2D eigenvalue weighted by molar-refractivity contribution is -0.152. The van der Waals surface area contributed by atoms with E-state index in [2.05, 4.69) is 4.98 Å². The third kappa shape index (κ3) is 4.78. The van der Waals surface area contributed by atoms with Gasteiger partial charge in [-0.25, -0.2) is 0 Å². The number of amides is 2. The van der Waals surface area contributed by atoms with Gasteiger partial charge in [-0.05, 0) is 43.9 Å². The molecule has 0 atom stereocenters. The lowest BCUT2D eigenvalue weighted by Crippen LogP contribution is -2.48. The van der Waals surface area contributed by atoms with E-state index in [1.807, 2.05) is 19.1 Å². The van der Waals surface area contributed by atoms with E-state index >= 15 is 0 Å². The molecule has 1 aromatic heterocycles. The molecule has 0 aliphatic heterocycles. The molecule has 5 heteroatoms. The maximum absolute atomic E-state index is 12.5. The first-order valence-electron chi connectivity index (χ1n) is 8.58. The predicted molar refractivity (Wildman–Crippen MR) is 89.8 cm³/mol. The molecule has 1 aromatic rings. The zero-order valence-electron chi connectivity index (χ0n) is 14.2. The third-order valence-electron chi connectivity index (χ3n) is 4.71. The van der Waals surface area contributed by atoms with Crippen LogP contribution in [0.3, 0.4) is 0 Å². The van der Waals surface area contributed by atoms with Gasteiger partial charge in [0.2, 0.25) is 0 Å². The van der Waals surface area contributed by atoms with Gasteiger partial charge in [0.25, 0.3) is 0 Å². The van der Waals surface area contributed by atoms with Crippen LogP contribution in [-0.2, 0) is 16.0 Å². The van der Waals surface area contributed by atoms with Crippen molar-refractivity contribution in [3.05, 3.63) is 30.1 Å². The number of hydrogen-bond donors (Lipinski definition) is 0. The maximum Gasteiger partial charge on any atom is 0.312 e. The fourth-order valence-corrected chi connectivity index (χ4v) is 3.14. The van der Waals surface area contributed by atoms with Crippen LogP contribution in [-0.4, -0.2) is 52.8 Å². The van der Waals surface area contributed by atoms with Crippen LogP contribution in [0.2, 0.25) is 0 Å². The molecule has 2 amide bonds. The summed E-state index contributed by atoms with van der Waals surface area (Å²) in [5.74, 6) is -0.747. The molecular weight excluding hydrogens is 290 g/mol. The van der Waals surface area contributed by atoms with E-state index in [4.69, 9.17) is 0 Å². The van der Waals surface area contributed by atoms with Gasteiger partial charge in [0, 0.05) is 38.6 Å². The van der Waals surface area contributed by atoms with Crippen molar-refractivity contribution in [2.45, 2.75) is 51.5 Å². The first kappa shape index (κ1) is 17.4. The molecule has 23 heavy (non-hydrogen) atoms. The van der Waals surface area contributed by atoms with Crippen LogP contribution in [0.4, 0.5) is 0 Å². The lowest BCUT2D eigenvalue weighted by Gasteiger charge is -2.32. The minimum absolute atomic E-state index is 0.221. The van der Waals surface area contributed by atoms with E-state index in [9.17, 15) is 9.59 Å². The zero-order valence-corrected chi connectivity index (χ0v) is 14.2. The van der Waals surface area contributed by atoms with Gasteiger partial charge in [-0.2, -0.15) is 0 Å². The van der Waals surface area contributed by atoms with Crippen LogP contribution < -0.4 is 0 Å². The summed E-state index contributed by atoms with van der Waals surface area (Å²) >= 11 is 0. The van der Waals surface area contributed by atoms with Gasteiger partial charge in [0.1, 0.15) is 0 Å². The summed E-state index contributed by atoms with van der Waals surface area (Å²) in [5.41, 5.74) is 1.12. The van der Waals surface area contributed by atoms with Crippen LogP contribution in [0.5, 0.6) is 0 Å². The molecular formula is C18H27N3O2. The number of nitrogens with zero attached hydrogens (tertiary/aromatic N) is 3. The van der Waals surface area contributed by atoms with Gasteiger partial charge in [-0.1, -0.05) is 19.3 Å². The Hall–Kier alpha value is -1.91. The molecule has 0 bridgehead atoms. The van der Waals surface area contributed by atoms with Crippen molar-refractivity contribution < 1.29 is 9.59 Å². The standard InChI is InChI=1S/C18H27N3O2/c1-3-21(14-11-15-9-12-19-13-10-15)18(23)17(22)20(2)16-7-5-4-6-8-16/h9-10,12-13,16H,3-8,11,14H2,1-2H3. The maximum atomic E-state index is 12.5. The number of hydrogen-bond acceptors (Lipinski definition) is 3. The Kier molecular flexibility index (Phi) is 6.56. The van der Waals surface area contributed by atoms with Crippen LogP contribution in [0.25, 0.3) is 0 Å². The largest absolute Gasteiger partial charge is 0.335 e. The van der Waals surface area contributed by atoms with Gasteiger partial charge in [-0.3, -0.25) is 14.6 Å². The Morgan fingerprint density at radius 3 is 2.39 bits per heavy atom. The molecule has 1 saturated carbocycles. The van der Waals surface area contributed by atoms with Gasteiger partial charge in [-0.15, -0.1) is 0 Å². The van der Waals surface area contributed by atoms with Gasteiger partial charge in [0.05, 0.1) is 0 Å². The van der Waals surface area contributed by atoms with Crippen molar-refractivity contribution in [1.29, 1.82) is 0 Å². The second-order valence-electron chi connectivity index (χ2n) is 6.20. The van der Waals surface area contributed by atoms with E-state index in [0.717, 1.165) is 37.7 Å². The van der Waals surface area contributed by atoms with Crippen molar-refractivity contribution in [1.82, 2.24) is 14.8 Å². The molecule has 5 nitrogen and oxygen atoms in total. The predicted octanol–water partition coefficient (Wildman–Crippen LogP) is 2.26. The minimum atomic E-state index is -0.380. The fraction of sp³-hybridized carbons (Fsp3) is 0.611. The number of rotatable bonds is 5. The molecule has 1 fully saturated rings. The first-order chi connectivity index (χ1) is 11.1. The first-order valence-corrected chi connectivity index (χ1v) is 8.58. The molecule has 0 unspecified atom stereocenters. The smallest absolute Gasteiger partial charge is 0.312 e. The molecule has 126 valence electrons. The van der Waals surface area contributed by atoms with Gasteiger partial charge in [0.15, 0.2) is 0 Å². The Labute approximate surface area is 138 Å². The van der Waals surface area contributed by atoms with Crippen LogP contribution in [0.15, 0.2) is 24.5 Å². The highest BCUT2D eigenvalue weighted by molar-refractivity contribution is 6.34. The average Bonchev–Trinajstić information content (AvgIpc) is 2.62. The van der Waals surface area contributed by atoms with Crippen LogP contribution >= 0.6 is 0 Å². The highest BCUT2D eigenvalue weighted by Gasteiger charge is 2.29. The number of carbonyl (C=O) groups is 2. The molecule has 2 rings (SSSR count). The van der Waals surface area contributed by atoms with E-state index in [-0.39, 0.29) is 17.9 Å². The van der Waals surface area contributed by atoms with E-state index in [1.54, 1.807) is 29.2 Å². The zero-order chi connectivity index (χ0) is 16.7. The van der Waals surface area contributed by atoms with Crippen molar-refractivity contribution >= 4 is 11.8 Å². The molecule has 1 aliphatic carbocycles. The molecule has 0 N–H and O–H groups in total. The highest BCUT2D eigenvalue weighted by atomic mass is 16.2.